The van der Waals surface area contributed by atoms with Gasteiger partial charge in [-0.1, -0.05) is 18.2 Å². The second-order valence-corrected chi connectivity index (χ2v) is 5.82. The minimum atomic E-state index is 0.0107. The second-order valence-electron chi connectivity index (χ2n) is 4.74. The zero-order valence-corrected chi connectivity index (χ0v) is 12.3. The molecule has 0 aliphatic rings. The first kappa shape index (κ1) is 13.5. The van der Waals surface area contributed by atoms with Crippen LogP contribution in [-0.2, 0) is 4.79 Å². The minimum Gasteiger partial charge on any atom is -0.318 e. The van der Waals surface area contributed by atoms with Crippen LogP contribution >= 0.6 is 11.3 Å². The number of hydrogen-bond acceptors (Lipinski definition) is 3. The standard InChI is InChI=1S/C17H13NO2S/c1-18(11-19)14-8-6-12(7-9-14)17(20)16-10-13-4-2-3-5-15(13)21-16/h2-11H,1H3. The third kappa shape index (κ3) is 2.58. The Bertz CT molecular complexity index is 772. The Kier molecular flexibility index (Phi) is 3.54. The van der Waals surface area contributed by atoms with Crippen molar-refractivity contribution in [3.8, 4) is 0 Å². The number of fused-ring (bicyclic) bond motifs is 1. The molecule has 21 heavy (non-hydrogen) atoms. The fraction of sp³-hybridized carbons (Fsp3) is 0.0588. The Labute approximate surface area is 126 Å². The highest BCUT2D eigenvalue weighted by Crippen LogP contribution is 2.27. The van der Waals surface area contributed by atoms with E-state index in [-0.39, 0.29) is 5.78 Å². The van der Waals surface area contributed by atoms with Gasteiger partial charge in [-0.15, -0.1) is 11.3 Å². The van der Waals surface area contributed by atoms with Gasteiger partial charge in [0, 0.05) is 23.0 Å². The molecule has 0 radical (unpaired) electrons. The molecule has 1 aromatic heterocycles. The number of benzene rings is 2. The Morgan fingerprint density at radius 1 is 1.10 bits per heavy atom. The van der Waals surface area contributed by atoms with Gasteiger partial charge in [0.15, 0.2) is 0 Å². The zero-order valence-electron chi connectivity index (χ0n) is 11.4. The highest BCUT2D eigenvalue weighted by molar-refractivity contribution is 7.21. The highest BCUT2D eigenvalue weighted by Gasteiger charge is 2.12. The van der Waals surface area contributed by atoms with Gasteiger partial charge in [0.25, 0.3) is 0 Å². The Hall–Kier alpha value is -2.46. The first-order chi connectivity index (χ1) is 10.2. The molecule has 3 rings (SSSR count). The van der Waals surface area contributed by atoms with Crippen LogP contribution in [0.3, 0.4) is 0 Å². The Balaban J connectivity index is 1.92. The number of rotatable bonds is 4. The number of carbonyl (C=O) groups is 2. The van der Waals surface area contributed by atoms with Gasteiger partial charge >= 0.3 is 0 Å². The number of thiophene rings is 1. The van der Waals surface area contributed by atoms with Crippen molar-refractivity contribution in [2.45, 2.75) is 0 Å². The number of hydrogen-bond donors (Lipinski definition) is 0. The summed E-state index contributed by atoms with van der Waals surface area (Å²) in [5.41, 5.74) is 1.39. The molecule has 0 unspecified atom stereocenters. The first-order valence-electron chi connectivity index (χ1n) is 6.50. The van der Waals surface area contributed by atoms with Gasteiger partial charge in [-0.25, -0.2) is 0 Å². The van der Waals surface area contributed by atoms with Crippen LogP contribution in [0.15, 0.2) is 54.6 Å². The zero-order chi connectivity index (χ0) is 14.8. The molecule has 0 fully saturated rings. The number of ketones is 1. The maximum absolute atomic E-state index is 12.5. The summed E-state index contributed by atoms with van der Waals surface area (Å²) in [4.78, 5) is 25.4. The lowest BCUT2D eigenvalue weighted by Gasteiger charge is -2.10. The average Bonchev–Trinajstić information content (AvgIpc) is 2.97. The van der Waals surface area contributed by atoms with Crippen LogP contribution in [0.25, 0.3) is 10.1 Å². The molecule has 1 amide bonds. The van der Waals surface area contributed by atoms with Gasteiger partial charge in [0.2, 0.25) is 12.2 Å². The third-order valence-corrected chi connectivity index (χ3v) is 4.46. The van der Waals surface area contributed by atoms with E-state index in [1.54, 1.807) is 31.3 Å². The van der Waals surface area contributed by atoms with Crippen LogP contribution < -0.4 is 4.90 Å². The molecule has 0 saturated heterocycles. The monoisotopic (exact) mass is 295 g/mol. The highest BCUT2D eigenvalue weighted by atomic mass is 32.1. The Morgan fingerprint density at radius 3 is 2.48 bits per heavy atom. The number of anilines is 1. The van der Waals surface area contributed by atoms with E-state index >= 15 is 0 Å². The molecule has 1 heterocycles. The van der Waals surface area contributed by atoms with E-state index in [0.29, 0.717) is 5.56 Å². The summed E-state index contributed by atoms with van der Waals surface area (Å²) in [6.07, 6.45) is 0.739. The predicted octanol–water partition coefficient (Wildman–Crippen LogP) is 3.72. The maximum atomic E-state index is 12.5. The quantitative estimate of drug-likeness (QED) is 0.543. The van der Waals surface area contributed by atoms with Crippen LogP contribution in [0.5, 0.6) is 0 Å². The van der Waals surface area contributed by atoms with Crippen molar-refractivity contribution in [2.24, 2.45) is 0 Å². The predicted molar refractivity (Wildman–Crippen MR) is 86.2 cm³/mol. The van der Waals surface area contributed by atoms with Crippen LogP contribution in [0, 0.1) is 0 Å². The summed E-state index contributed by atoms with van der Waals surface area (Å²) in [6.45, 7) is 0. The number of nitrogens with zero attached hydrogens (tertiary/aromatic N) is 1. The second kappa shape index (κ2) is 5.50. The molecule has 4 heteroatoms. The van der Waals surface area contributed by atoms with Crippen LogP contribution in [0.1, 0.15) is 15.2 Å². The molecular formula is C17H13NO2S. The van der Waals surface area contributed by atoms with E-state index in [2.05, 4.69) is 0 Å². The molecule has 104 valence electrons. The van der Waals surface area contributed by atoms with Crippen molar-refractivity contribution < 1.29 is 9.59 Å². The molecule has 0 aliphatic heterocycles. The lowest BCUT2D eigenvalue weighted by molar-refractivity contribution is -0.107. The van der Waals surface area contributed by atoms with Crippen LogP contribution in [0.4, 0.5) is 5.69 Å². The molecule has 0 bridgehead atoms. The molecule has 0 aliphatic carbocycles. The van der Waals surface area contributed by atoms with Gasteiger partial charge in [-0.2, -0.15) is 0 Å². The van der Waals surface area contributed by atoms with Gasteiger partial charge in [0.1, 0.15) is 0 Å². The summed E-state index contributed by atoms with van der Waals surface area (Å²) < 4.78 is 1.11. The van der Waals surface area contributed by atoms with Gasteiger partial charge in [0.05, 0.1) is 4.88 Å². The van der Waals surface area contributed by atoms with E-state index in [1.807, 2.05) is 30.3 Å². The van der Waals surface area contributed by atoms with Crippen molar-refractivity contribution in [2.75, 3.05) is 11.9 Å². The van der Waals surface area contributed by atoms with E-state index < -0.39 is 0 Å². The SMILES string of the molecule is CN(C=O)c1ccc(C(=O)c2cc3ccccc3s2)cc1. The van der Waals surface area contributed by atoms with Gasteiger partial charge in [-0.3, -0.25) is 9.59 Å². The molecule has 3 nitrogen and oxygen atoms in total. The van der Waals surface area contributed by atoms with E-state index in [0.717, 1.165) is 27.1 Å². The van der Waals surface area contributed by atoms with E-state index in [1.165, 1.54) is 16.2 Å². The van der Waals surface area contributed by atoms with Gasteiger partial charge < -0.3 is 4.90 Å². The summed E-state index contributed by atoms with van der Waals surface area (Å²) in [5.74, 6) is 0.0107. The maximum Gasteiger partial charge on any atom is 0.213 e. The molecule has 2 aromatic carbocycles. The van der Waals surface area contributed by atoms with Crippen LogP contribution in [0.2, 0.25) is 0 Å². The molecule has 0 N–H and O–H groups in total. The summed E-state index contributed by atoms with van der Waals surface area (Å²) in [7, 11) is 1.68. The summed E-state index contributed by atoms with van der Waals surface area (Å²) >= 11 is 1.50. The number of amides is 1. The lowest BCUT2D eigenvalue weighted by atomic mass is 10.1. The largest absolute Gasteiger partial charge is 0.318 e. The Morgan fingerprint density at radius 2 is 1.81 bits per heavy atom. The minimum absolute atomic E-state index is 0.0107. The number of carbonyl (C=O) groups excluding carboxylic acids is 2. The summed E-state index contributed by atoms with van der Waals surface area (Å²) in [6, 6.07) is 16.9. The molecule has 0 spiro atoms. The van der Waals surface area contributed by atoms with Crippen molar-refractivity contribution in [3.63, 3.8) is 0 Å². The van der Waals surface area contributed by atoms with Crippen molar-refractivity contribution in [1.29, 1.82) is 0 Å². The lowest BCUT2D eigenvalue weighted by Crippen LogP contribution is -2.13. The topological polar surface area (TPSA) is 37.4 Å². The molecular weight excluding hydrogens is 282 g/mol. The smallest absolute Gasteiger partial charge is 0.213 e. The van der Waals surface area contributed by atoms with Crippen molar-refractivity contribution in [1.82, 2.24) is 0 Å². The summed E-state index contributed by atoms with van der Waals surface area (Å²) in [5, 5.41) is 1.09. The molecule has 3 aromatic rings. The third-order valence-electron chi connectivity index (χ3n) is 3.34. The molecule has 0 saturated carbocycles. The average molecular weight is 295 g/mol. The fourth-order valence-corrected chi connectivity index (χ4v) is 3.17. The first-order valence-corrected chi connectivity index (χ1v) is 7.32. The van der Waals surface area contributed by atoms with E-state index in [9.17, 15) is 9.59 Å². The van der Waals surface area contributed by atoms with Crippen molar-refractivity contribution in [3.05, 3.63) is 65.0 Å². The van der Waals surface area contributed by atoms with E-state index in [4.69, 9.17) is 0 Å². The van der Waals surface area contributed by atoms with Crippen molar-refractivity contribution >= 4 is 39.3 Å². The normalized spacial score (nSPS) is 10.5. The fourth-order valence-electron chi connectivity index (χ4n) is 2.14. The van der Waals surface area contributed by atoms with Crippen LogP contribution in [-0.4, -0.2) is 19.2 Å². The molecule has 0 atom stereocenters. The van der Waals surface area contributed by atoms with Gasteiger partial charge in [-0.05, 0) is 41.8 Å².